The molecule has 0 saturated heterocycles. The Labute approximate surface area is 188 Å². The van der Waals surface area contributed by atoms with Crippen molar-refractivity contribution in [3.8, 4) is 5.75 Å². The zero-order valence-corrected chi connectivity index (χ0v) is 20.3. The Morgan fingerprint density at radius 2 is 1.58 bits per heavy atom. The molecule has 1 amide bonds. The van der Waals surface area contributed by atoms with Crippen LogP contribution in [0.4, 0.5) is 5.69 Å². The molecule has 2 rings (SSSR count). The lowest BCUT2D eigenvalue weighted by Gasteiger charge is -2.16. The molecule has 0 aliphatic carbocycles. The average Bonchev–Trinajstić information content (AvgIpc) is 2.58. The maximum atomic E-state index is 12.9. The maximum Gasteiger partial charge on any atom is 0.337 e. The van der Waals surface area contributed by atoms with Crippen LogP contribution < -0.4 is 10.1 Å². The van der Waals surface area contributed by atoms with Gasteiger partial charge in [-0.05, 0) is 88.3 Å². The number of anilines is 1. The van der Waals surface area contributed by atoms with Crippen molar-refractivity contribution >= 4 is 92.9 Å². The maximum absolute atomic E-state index is 12.9. The third-order valence-electron chi connectivity index (χ3n) is 3.44. The van der Waals surface area contributed by atoms with E-state index in [-0.39, 0.29) is 15.6 Å². The number of hydrogen-bond donors (Lipinski definition) is 2. The molecule has 138 valence electrons. The van der Waals surface area contributed by atoms with E-state index in [1.807, 2.05) is 0 Å². The fourth-order valence-electron chi connectivity index (χ4n) is 2.15. The number of amides is 1. The number of rotatable bonds is 4. The summed E-state index contributed by atoms with van der Waals surface area (Å²) >= 11 is 19.2. The molecule has 0 spiro atoms. The Morgan fingerprint density at radius 1 is 1.04 bits per heavy atom. The van der Waals surface area contributed by atoms with Crippen LogP contribution in [0, 0.1) is 6.92 Å². The molecule has 2 N–H and O–H groups in total. The lowest BCUT2D eigenvalue weighted by molar-refractivity contribution is 0.0691. The van der Waals surface area contributed by atoms with Gasteiger partial charge in [-0.15, -0.1) is 0 Å². The van der Waals surface area contributed by atoms with E-state index in [4.69, 9.17) is 16.3 Å². The lowest BCUT2D eigenvalue weighted by Crippen LogP contribution is -2.19. The third kappa shape index (κ3) is 4.11. The second-order valence-corrected chi connectivity index (χ2v) is 8.65. The number of carbonyl (C=O) groups excluding carboxylic acids is 1. The standard InChI is InChI=1S/C16H10Br4ClNO4/c1-5-3-8(26-2)7(4-6(5)21)22-15(23)9-10(16(24)25)12(18)14(20)13(19)11(9)17/h3-4H,1-2H3,(H,22,23)(H,24,25). The molecular formula is C16H10Br4ClNO4. The number of methoxy groups -OCH3 is 1. The lowest BCUT2D eigenvalue weighted by atomic mass is 10.1. The minimum Gasteiger partial charge on any atom is -0.495 e. The van der Waals surface area contributed by atoms with Crippen molar-refractivity contribution in [3.63, 3.8) is 0 Å². The number of carboxylic acids is 1. The van der Waals surface area contributed by atoms with Crippen LogP contribution in [0.25, 0.3) is 0 Å². The number of ether oxygens (including phenoxy) is 1. The molecule has 0 heterocycles. The first-order valence-corrected chi connectivity index (χ1v) is 10.4. The molecule has 0 saturated carbocycles. The molecule has 0 unspecified atom stereocenters. The van der Waals surface area contributed by atoms with E-state index in [1.54, 1.807) is 19.1 Å². The average molecular weight is 635 g/mol. The highest BCUT2D eigenvalue weighted by molar-refractivity contribution is 9.15. The fourth-order valence-corrected chi connectivity index (χ4v) is 4.78. The van der Waals surface area contributed by atoms with Crippen molar-refractivity contribution in [2.24, 2.45) is 0 Å². The van der Waals surface area contributed by atoms with Gasteiger partial charge in [-0.1, -0.05) is 11.6 Å². The van der Waals surface area contributed by atoms with Crippen LogP contribution in [0.3, 0.4) is 0 Å². The van der Waals surface area contributed by atoms with Gasteiger partial charge in [0.1, 0.15) is 5.75 Å². The van der Waals surface area contributed by atoms with E-state index >= 15 is 0 Å². The number of carboxylic acid groups (broad SMARTS) is 1. The Bertz CT molecular complexity index is 933. The third-order valence-corrected chi connectivity index (χ3v) is 8.61. The van der Waals surface area contributed by atoms with Crippen molar-refractivity contribution in [3.05, 3.63) is 51.7 Å². The van der Waals surface area contributed by atoms with Gasteiger partial charge < -0.3 is 15.2 Å². The quantitative estimate of drug-likeness (QED) is 0.291. The molecule has 26 heavy (non-hydrogen) atoms. The van der Waals surface area contributed by atoms with Gasteiger partial charge in [0, 0.05) is 22.9 Å². The molecule has 2 aromatic carbocycles. The molecule has 0 aromatic heterocycles. The number of nitrogens with one attached hydrogen (secondary N) is 1. The zero-order chi connectivity index (χ0) is 19.8. The summed E-state index contributed by atoms with van der Waals surface area (Å²) in [6.45, 7) is 1.80. The molecule has 2 aromatic rings. The minimum absolute atomic E-state index is 0.0572. The smallest absolute Gasteiger partial charge is 0.337 e. The van der Waals surface area contributed by atoms with Crippen molar-refractivity contribution in [2.75, 3.05) is 12.4 Å². The topological polar surface area (TPSA) is 75.6 Å². The Hall–Kier alpha value is -0.610. The highest BCUT2D eigenvalue weighted by atomic mass is 79.9. The van der Waals surface area contributed by atoms with Gasteiger partial charge in [0.15, 0.2) is 0 Å². The molecule has 0 radical (unpaired) electrons. The van der Waals surface area contributed by atoms with Crippen molar-refractivity contribution in [1.82, 2.24) is 0 Å². The van der Waals surface area contributed by atoms with E-state index in [1.165, 1.54) is 7.11 Å². The van der Waals surface area contributed by atoms with Crippen LogP contribution in [0.5, 0.6) is 5.75 Å². The zero-order valence-electron chi connectivity index (χ0n) is 13.2. The van der Waals surface area contributed by atoms with Gasteiger partial charge in [-0.3, -0.25) is 4.79 Å². The number of aromatic carboxylic acids is 1. The molecule has 0 aliphatic rings. The second kappa shape index (κ2) is 8.60. The van der Waals surface area contributed by atoms with Gasteiger partial charge in [0.2, 0.25) is 0 Å². The minimum atomic E-state index is -1.26. The normalized spacial score (nSPS) is 10.6. The number of aryl methyl sites for hydroxylation is 1. The summed E-state index contributed by atoms with van der Waals surface area (Å²) in [6.07, 6.45) is 0. The SMILES string of the molecule is COc1cc(C)c(Cl)cc1NC(=O)c1c(Br)c(Br)c(Br)c(Br)c1C(=O)O. The van der Waals surface area contributed by atoms with Crippen molar-refractivity contribution in [1.29, 1.82) is 0 Å². The summed E-state index contributed by atoms with van der Waals surface area (Å²) in [6, 6.07) is 3.23. The van der Waals surface area contributed by atoms with Crippen LogP contribution in [-0.2, 0) is 0 Å². The monoisotopic (exact) mass is 631 g/mol. The van der Waals surface area contributed by atoms with Gasteiger partial charge in [-0.25, -0.2) is 4.79 Å². The van der Waals surface area contributed by atoms with E-state index in [2.05, 4.69) is 69.0 Å². The van der Waals surface area contributed by atoms with Crippen LogP contribution in [-0.4, -0.2) is 24.1 Å². The predicted molar refractivity (Wildman–Crippen MR) is 115 cm³/mol. The summed E-state index contributed by atoms with van der Waals surface area (Å²) in [5, 5.41) is 12.7. The largest absolute Gasteiger partial charge is 0.495 e. The molecule has 0 aliphatic heterocycles. The first kappa shape index (κ1) is 21.7. The van der Waals surface area contributed by atoms with E-state index in [0.29, 0.717) is 29.9 Å². The molecule has 10 heteroatoms. The van der Waals surface area contributed by atoms with Gasteiger partial charge in [0.25, 0.3) is 5.91 Å². The number of hydrogen-bond acceptors (Lipinski definition) is 3. The van der Waals surface area contributed by atoms with Crippen LogP contribution in [0.2, 0.25) is 5.02 Å². The van der Waals surface area contributed by atoms with E-state index < -0.39 is 11.9 Å². The van der Waals surface area contributed by atoms with Crippen LogP contribution in [0.1, 0.15) is 26.3 Å². The Kier molecular flexibility index (Phi) is 7.17. The number of halogens is 5. The van der Waals surface area contributed by atoms with Crippen LogP contribution >= 0.6 is 75.3 Å². The molecule has 0 bridgehead atoms. The molecule has 5 nitrogen and oxygen atoms in total. The summed E-state index contributed by atoms with van der Waals surface area (Å²) in [5.41, 5.74) is 0.856. The fraction of sp³-hybridized carbons (Fsp3) is 0.125. The van der Waals surface area contributed by atoms with E-state index in [9.17, 15) is 14.7 Å². The van der Waals surface area contributed by atoms with Crippen molar-refractivity contribution < 1.29 is 19.4 Å². The highest BCUT2D eigenvalue weighted by Crippen LogP contribution is 2.42. The molecule has 0 atom stereocenters. The van der Waals surface area contributed by atoms with E-state index in [0.717, 1.165) is 5.56 Å². The van der Waals surface area contributed by atoms with Crippen LogP contribution in [0.15, 0.2) is 30.0 Å². The van der Waals surface area contributed by atoms with Gasteiger partial charge in [0.05, 0.1) is 23.9 Å². The Morgan fingerprint density at radius 3 is 2.08 bits per heavy atom. The highest BCUT2D eigenvalue weighted by Gasteiger charge is 2.28. The first-order valence-electron chi connectivity index (χ1n) is 6.84. The summed E-state index contributed by atoms with van der Waals surface area (Å²) < 4.78 is 6.75. The van der Waals surface area contributed by atoms with Gasteiger partial charge in [-0.2, -0.15) is 0 Å². The van der Waals surface area contributed by atoms with Crippen molar-refractivity contribution in [2.45, 2.75) is 6.92 Å². The van der Waals surface area contributed by atoms with Gasteiger partial charge >= 0.3 is 5.97 Å². The number of benzene rings is 2. The summed E-state index contributed by atoms with van der Waals surface area (Å²) in [7, 11) is 1.46. The molecular weight excluding hydrogens is 625 g/mol. The summed E-state index contributed by atoms with van der Waals surface area (Å²) in [5.74, 6) is -1.49. The predicted octanol–water partition coefficient (Wildman–Crippen LogP) is 6.66. The Balaban J connectivity index is 2.62. The molecule has 0 fully saturated rings. The first-order chi connectivity index (χ1) is 12.1. The number of carbonyl (C=O) groups is 2. The second-order valence-electron chi connectivity index (χ2n) is 5.07. The summed E-state index contributed by atoms with van der Waals surface area (Å²) in [4.78, 5) is 24.6.